The molecule has 3 N–H and O–H groups in total. The second kappa shape index (κ2) is 7.19. The first kappa shape index (κ1) is 16.9. The van der Waals surface area contributed by atoms with Crippen molar-refractivity contribution >= 4 is 49.0 Å². The number of sulfonamides is 1. The van der Waals surface area contributed by atoms with E-state index in [4.69, 9.17) is 12.2 Å². The molecule has 0 aromatic heterocycles. The van der Waals surface area contributed by atoms with Crippen LogP contribution in [-0.4, -0.2) is 13.5 Å². The Balaban J connectivity index is 1.95. The van der Waals surface area contributed by atoms with Gasteiger partial charge in [0.15, 0.2) is 5.11 Å². The number of anilines is 1. The van der Waals surface area contributed by atoms with E-state index in [2.05, 4.69) is 31.5 Å². The molecule has 0 aliphatic rings. The van der Waals surface area contributed by atoms with Gasteiger partial charge in [-0.3, -0.25) is 5.43 Å². The summed E-state index contributed by atoms with van der Waals surface area (Å²) in [6.07, 6.45) is 0. The molecule has 2 aromatic carbocycles. The van der Waals surface area contributed by atoms with Crippen molar-refractivity contribution in [1.82, 2.24) is 10.3 Å². The van der Waals surface area contributed by atoms with Crippen molar-refractivity contribution in [3.05, 3.63) is 58.6 Å². The number of aryl methyl sites for hydroxylation is 1. The third kappa shape index (κ3) is 4.77. The lowest BCUT2D eigenvalue weighted by molar-refractivity contribution is 0.578. The topological polar surface area (TPSA) is 70.2 Å². The Morgan fingerprint density at radius 1 is 1.05 bits per heavy atom. The summed E-state index contributed by atoms with van der Waals surface area (Å²) in [4.78, 5) is 2.40. The zero-order chi connectivity index (χ0) is 16.2. The van der Waals surface area contributed by atoms with Crippen LogP contribution >= 0.6 is 28.1 Å². The highest BCUT2D eigenvalue weighted by atomic mass is 79.9. The van der Waals surface area contributed by atoms with Crippen molar-refractivity contribution in [2.24, 2.45) is 0 Å². The molecule has 5 nitrogen and oxygen atoms in total. The fourth-order valence-corrected chi connectivity index (χ4v) is 2.93. The quantitative estimate of drug-likeness (QED) is 0.544. The molecule has 22 heavy (non-hydrogen) atoms. The fraction of sp³-hybridized carbons (Fsp3) is 0.0714. The second-order valence-electron chi connectivity index (χ2n) is 4.50. The largest absolute Gasteiger partial charge is 0.332 e. The lowest BCUT2D eigenvalue weighted by Crippen LogP contribution is -2.43. The summed E-state index contributed by atoms with van der Waals surface area (Å²) in [5.41, 5.74) is 4.20. The lowest BCUT2D eigenvalue weighted by atomic mass is 10.2. The predicted octanol–water partition coefficient (Wildman–Crippen LogP) is 2.94. The zero-order valence-electron chi connectivity index (χ0n) is 11.6. The molecule has 0 atom stereocenters. The van der Waals surface area contributed by atoms with Gasteiger partial charge in [0.2, 0.25) is 0 Å². The summed E-state index contributed by atoms with van der Waals surface area (Å²) >= 11 is 8.38. The summed E-state index contributed by atoms with van der Waals surface area (Å²) in [7, 11) is -3.67. The number of thiocarbonyl (C=S) groups is 1. The molecule has 0 spiro atoms. The van der Waals surface area contributed by atoms with Gasteiger partial charge in [-0.2, -0.15) is 0 Å². The highest BCUT2D eigenvalue weighted by Gasteiger charge is 2.13. The molecule has 0 saturated carbocycles. The number of nitrogens with one attached hydrogen (secondary N) is 3. The maximum Gasteiger partial charge on any atom is 0.257 e. The summed E-state index contributed by atoms with van der Waals surface area (Å²) in [6.45, 7) is 1.89. The average Bonchev–Trinajstić information content (AvgIpc) is 2.48. The Morgan fingerprint density at radius 3 is 2.23 bits per heavy atom. The standard InChI is InChI=1S/C14H14BrN3O2S2/c1-10-2-8-13(9-3-10)22(19,20)18-17-14(21)16-12-6-4-11(15)5-7-12/h2-9,18H,1H3,(H2,16,17,21). The molecule has 116 valence electrons. The van der Waals surface area contributed by atoms with Crippen LogP contribution in [0.5, 0.6) is 0 Å². The molecule has 8 heteroatoms. The molecule has 0 heterocycles. The molecule has 0 bridgehead atoms. The van der Waals surface area contributed by atoms with Crippen molar-refractivity contribution in [2.75, 3.05) is 5.32 Å². The molecule has 0 saturated heterocycles. The van der Waals surface area contributed by atoms with Crippen LogP contribution in [0.3, 0.4) is 0 Å². The molecule has 2 rings (SSSR count). The van der Waals surface area contributed by atoms with Crippen LogP contribution in [0.15, 0.2) is 57.9 Å². The maximum absolute atomic E-state index is 12.1. The van der Waals surface area contributed by atoms with Crippen LogP contribution < -0.4 is 15.6 Å². The second-order valence-corrected chi connectivity index (χ2v) is 7.51. The van der Waals surface area contributed by atoms with E-state index in [9.17, 15) is 8.42 Å². The number of hydrazine groups is 1. The van der Waals surface area contributed by atoms with E-state index in [0.717, 1.165) is 15.7 Å². The molecule has 2 aromatic rings. The van der Waals surface area contributed by atoms with E-state index in [0.29, 0.717) is 0 Å². The molecule has 0 unspecified atom stereocenters. The molecular weight excluding hydrogens is 386 g/mol. The SMILES string of the molecule is Cc1ccc(S(=O)(=O)NNC(=S)Nc2ccc(Br)cc2)cc1. The minimum Gasteiger partial charge on any atom is -0.332 e. The van der Waals surface area contributed by atoms with Crippen molar-refractivity contribution in [3.63, 3.8) is 0 Å². The molecule has 0 aliphatic heterocycles. The third-order valence-electron chi connectivity index (χ3n) is 2.73. The van der Waals surface area contributed by atoms with E-state index in [1.165, 1.54) is 12.1 Å². The van der Waals surface area contributed by atoms with Gasteiger partial charge in [-0.25, -0.2) is 8.42 Å². The summed E-state index contributed by atoms with van der Waals surface area (Å²) in [5.74, 6) is 0. The van der Waals surface area contributed by atoms with Gasteiger partial charge in [0.25, 0.3) is 10.0 Å². The number of hydrogen-bond donors (Lipinski definition) is 3. The first-order chi connectivity index (χ1) is 10.4. The minimum absolute atomic E-state index is 0.151. The van der Waals surface area contributed by atoms with Gasteiger partial charge in [0.1, 0.15) is 0 Å². The Bertz CT molecular complexity index is 760. The Hall–Kier alpha value is -1.48. The van der Waals surface area contributed by atoms with Crippen LogP contribution in [-0.2, 0) is 10.0 Å². The van der Waals surface area contributed by atoms with Crippen LogP contribution in [0.1, 0.15) is 5.56 Å². The van der Waals surface area contributed by atoms with Gasteiger partial charge in [0, 0.05) is 10.2 Å². The monoisotopic (exact) mass is 399 g/mol. The summed E-state index contributed by atoms with van der Waals surface area (Å²) in [6, 6.07) is 13.8. The van der Waals surface area contributed by atoms with Gasteiger partial charge in [-0.05, 0) is 55.5 Å². The van der Waals surface area contributed by atoms with E-state index >= 15 is 0 Å². The fourth-order valence-electron chi connectivity index (χ4n) is 1.59. The van der Waals surface area contributed by atoms with Crippen molar-refractivity contribution < 1.29 is 8.42 Å². The van der Waals surface area contributed by atoms with Gasteiger partial charge < -0.3 is 5.32 Å². The lowest BCUT2D eigenvalue weighted by Gasteiger charge is -2.12. The molecular formula is C14H14BrN3O2S2. The molecule has 0 fully saturated rings. The van der Waals surface area contributed by atoms with Crippen LogP contribution in [0.2, 0.25) is 0 Å². The summed E-state index contributed by atoms with van der Waals surface area (Å²) < 4.78 is 25.1. The Labute approximate surface area is 143 Å². The highest BCUT2D eigenvalue weighted by Crippen LogP contribution is 2.14. The van der Waals surface area contributed by atoms with Gasteiger partial charge in [0.05, 0.1) is 4.90 Å². The normalized spacial score (nSPS) is 11.0. The van der Waals surface area contributed by atoms with E-state index in [1.807, 2.05) is 31.2 Å². The van der Waals surface area contributed by atoms with E-state index < -0.39 is 10.0 Å². The summed E-state index contributed by atoms with van der Waals surface area (Å²) in [5, 5.41) is 3.03. The zero-order valence-corrected chi connectivity index (χ0v) is 14.8. The number of rotatable bonds is 4. The van der Waals surface area contributed by atoms with Gasteiger partial charge in [-0.15, -0.1) is 4.83 Å². The highest BCUT2D eigenvalue weighted by molar-refractivity contribution is 9.10. The van der Waals surface area contributed by atoms with Crippen LogP contribution in [0, 0.1) is 6.92 Å². The first-order valence-corrected chi connectivity index (χ1v) is 8.96. The van der Waals surface area contributed by atoms with E-state index in [-0.39, 0.29) is 10.0 Å². The van der Waals surface area contributed by atoms with Gasteiger partial charge >= 0.3 is 0 Å². The van der Waals surface area contributed by atoms with Gasteiger partial charge in [-0.1, -0.05) is 33.6 Å². The molecule has 0 amide bonds. The minimum atomic E-state index is -3.67. The average molecular weight is 400 g/mol. The predicted molar refractivity (Wildman–Crippen MR) is 95.0 cm³/mol. The van der Waals surface area contributed by atoms with Crippen molar-refractivity contribution in [2.45, 2.75) is 11.8 Å². The third-order valence-corrected chi connectivity index (χ3v) is 4.73. The Morgan fingerprint density at radius 2 is 1.64 bits per heavy atom. The maximum atomic E-state index is 12.1. The molecule has 0 aliphatic carbocycles. The molecule has 0 radical (unpaired) electrons. The van der Waals surface area contributed by atoms with E-state index in [1.54, 1.807) is 12.1 Å². The first-order valence-electron chi connectivity index (χ1n) is 6.28. The van der Waals surface area contributed by atoms with Crippen molar-refractivity contribution in [1.29, 1.82) is 0 Å². The number of halogens is 1. The number of hydrogen-bond acceptors (Lipinski definition) is 3. The van der Waals surface area contributed by atoms with Crippen molar-refractivity contribution in [3.8, 4) is 0 Å². The smallest absolute Gasteiger partial charge is 0.257 e. The van der Waals surface area contributed by atoms with Crippen LogP contribution in [0.25, 0.3) is 0 Å². The number of benzene rings is 2. The Kier molecular flexibility index (Phi) is 5.52. The van der Waals surface area contributed by atoms with Crippen LogP contribution in [0.4, 0.5) is 5.69 Å².